The molecule has 0 aliphatic heterocycles. The van der Waals surface area contributed by atoms with Crippen molar-refractivity contribution in [2.24, 2.45) is 0 Å². The van der Waals surface area contributed by atoms with Crippen LogP contribution in [0.25, 0.3) is 0 Å². The van der Waals surface area contributed by atoms with E-state index in [-0.39, 0.29) is 71.1 Å². The third-order valence-corrected chi connectivity index (χ3v) is 2.58. The number of aliphatic carboxylic acids is 1. The number of carboxylic acid groups (broad SMARTS) is 1. The zero-order valence-corrected chi connectivity index (χ0v) is 23.3. The summed E-state index contributed by atoms with van der Waals surface area (Å²) in [6.45, 7) is 16.7. The molecule has 9 nitrogen and oxygen atoms in total. The Kier molecular flexibility index (Phi) is 43.9. The summed E-state index contributed by atoms with van der Waals surface area (Å²) in [5.74, 6) is -2.39. The topological polar surface area (TPSA) is 150 Å². The second-order valence-corrected chi connectivity index (χ2v) is 5.98. The van der Waals surface area contributed by atoms with E-state index >= 15 is 0 Å². The molecule has 30 heavy (non-hydrogen) atoms. The Labute approximate surface area is 223 Å². The van der Waals surface area contributed by atoms with Crippen molar-refractivity contribution >= 4 is 28.0 Å². The quantitative estimate of drug-likeness (QED) is 0.0855. The molecule has 162 valence electrons. The summed E-state index contributed by atoms with van der Waals surface area (Å²) in [7, 11) is -2.71. The summed E-state index contributed by atoms with van der Waals surface area (Å²) in [5, 5.41) is 9.14. The first-order valence-corrected chi connectivity index (χ1v) is 9.31. The van der Waals surface area contributed by atoms with Crippen molar-refractivity contribution in [3.63, 3.8) is 0 Å². The molecule has 0 radical (unpaired) electrons. The van der Waals surface area contributed by atoms with Gasteiger partial charge in [-0.05, 0) is 19.4 Å². The Bertz CT molecular complexity index is 615. The van der Waals surface area contributed by atoms with Gasteiger partial charge in [-0.1, -0.05) is 39.2 Å². The molecule has 0 aromatic carbocycles. The van der Waals surface area contributed by atoms with Crippen LogP contribution in [0.4, 0.5) is 0 Å². The minimum absolute atomic E-state index is 0. The number of esters is 2. The summed E-state index contributed by atoms with van der Waals surface area (Å²) in [4.78, 5) is 29.7. The number of ether oxygens (including phenoxy) is 2. The number of unbranched alkanes of at least 4 members (excludes halogenated alkanes) is 1. The fourth-order valence-corrected chi connectivity index (χ4v) is 0.983. The zero-order valence-electron chi connectivity index (χ0n) is 18.5. The third-order valence-electron chi connectivity index (χ3n) is 1.93. The maximum atomic E-state index is 10.3. The van der Waals surface area contributed by atoms with Crippen LogP contribution in [0.3, 0.4) is 0 Å². The molecule has 0 rings (SSSR count). The maximum absolute atomic E-state index is 10.3. The molecule has 0 bridgehead atoms. The molecule has 0 aliphatic carbocycles. The molecule has 0 atom stereocenters. The summed E-state index contributed by atoms with van der Waals surface area (Å²) >= 11 is 0. The van der Waals surface area contributed by atoms with E-state index in [1.54, 1.807) is 6.92 Å². The molecule has 0 saturated heterocycles. The molecule has 0 fully saturated rings. The number of carbonyl (C=O) groups excluding carboxylic acids is 3. The maximum Gasteiger partial charge on any atom is 1.00 e. The normalized spacial score (nSPS) is 8.00. The molecule has 0 aromatic heterocycles. The van der Waals surface area contributed by atoms with Gasteiger partial charge in [0.1, 0.15) is 0 Å². The van der Waals surface area contributed by atoms with Gasteiger partial charge in [0.05, 0.1) is 35.6 Å². The monoisotopic (exact) mass is 466 g/mol. The molecule has 0 spiro atoms. The van der Waals surface area contributed by atoms with Crippen molar-refractivity contribution in [1.82, 2.24) is 0 Å². The predicted molar refractivity (Wildman–Crippen MR) is 103 cm³/mol. The van der Waals surface area contributed by atoms with Crippen LogP contribution in [0.15, 0.2) is 50.1 Å². The summed E-state index contributed by atoms with van der Waals surface area (Å²) in [6.07, 6.45) is 4.93. The van der Waals surface area contributed by atoms with Gasteiger partial charge in [0.25, 0.3) is 0 Å². The molecule has 0 heterocycles. The Hall–Kier alpha value is -0.720. The van der Waals surface area contributed by atoms with E-state index in [4.69, 9.17) is 9.90 Å². The van der Waals surface area contributed by atoms with Crippen LogP contribution in [-0.4, -0.2) is 50.3 Å². The van der Waals surface area contributed by atoms with Gasteiger partial charge in [-0.3, -0.25) is 0 Å². The fraction of sp³-hybridized carbons (Fsp3) is 0.389. The molecule has 0 saturated carbocycles. The SMILES string of the molecule is C=C(C)C(=O)OC.C=CC(=O)OCCCC.C=CC(=O)[O-].C=CCS(=O)(=O)[O-].[Na+].[Na+]. The van der Waals surface area contributed by atoms with E-state index in [0.29, 0.717) is 12.2 Å². The van der Waals surface area contributed by atoms with E-state index in [0.717, 1.165) is 25.0 Å². The van der Waals surface area contributed by atoms with Gasteiger partial charge < -0.3 is 23.9 Å². The third kappa shape index (κ3) is 56.4. The first-order chi connectivity index (χ1) is 12.8. The summed E-state index contributed by atoms with van der Waals surface area (Å²) in [5.41, 5.74) is 0.433. The van der Waals surface area contributed by atoms with E-state index < -0.39 is 21.8 Å². The standard InChI is InChI=1S/C7H12O2.C5H8O2.C3H6O3S.C3H4O2.2Na/c1-3-5-6-9-7(8)4-2;1-4(2)5(6)7-3;1-2-3-7(4,5)6;1-2-3(4)5;;/h4H,2-3,5-6H2,1H3;1H2,2-3H3;2H,1,3H2,(H,4,5,6);2H,1H2,(H,4,5);;/q;;;;2*+1/p-2. The molecular weight excluding hydrogens is 438 g/mol. The fourth-order valence-electron chi connectivity index (χ4n) is 0.695. The van der Waals surface area contributed by atoms with Gasteiger partial charge in [0.2, 0.25) is 0 Å². The van der Waals surface area contributed by atoms with Crippen molar-refractivity contribution in [1.29, 1.82) is 0 Å². The largest absolute Gasteiger partial charge is 1.00 e. The van der Waals surface area contributed by atoms with Gasteiger partial charge in [-0.2, -0.15) is 0 Å². The van der Waals surface area contributed by atoms with E-state index in [1.807, 2.05) is 6.92 Å². The zero-order chi connectivity index (χ0) is 23.2. The van der Waals surface area contributed by atoms with E-state index in [2.05, 4.69) is 35.8 Å². The minimum Gasteiger partial charge on any atom is -0.748 e. The Morgan fingerprint density at radius 3 is 1.63 bits per heavy atom. The van der Waals surface area contributed by atoms with Crippen molar-refractivity contribution < 1.29 is 101 Å². The second-order valence-electron chi connectivity index (χ2n) is 4.53. The van der Waals surface area contributed by atoms with E-state index in [1.165, 1.54) is 13.2 Å². The van der Waals surface area contributed by atoms with Crippen LogP contribution >= 0.6 is 0 Å². The van der Waals surface area contributed by atoms with Gasteiger partial charge >= 0.3 is 71.1 Å². The minimum atomic E-state index is -4.04. The van der Waals surface area contributed by atoms with Crippen molar-refractivity contribution in [3.8, 4) is 0 Å². The van der Waals surface area contributed by atoms with Crippen LogP contribution < -0.4 is 64.2 Å². The molecular formula is C18H28Na2O9S. The second kappa shape index (κ2) is 30.5. The van der Waals surface area contributed by atoms with Crippen LogP contribution in [0.1, 0.15) is 26.7 Å². The molecule has 0 amide bonds. The van der Waals surface area contributed by atoms with Crippen molar-refractivity contribution in [3.05, 3.63) is 50.1 Å². The van der Waals surface area contributed by atoms with E-state index in [9.17, 15) is 22.6 Å². The summed E-state index contributed by atoms with van der Waals surface area (Å²) < 4.78 is 37.8. The average molecular weight is 466 g/mol. The number of carbonyl (C=O) groups is 3. The molecule has 0 N–H and O–H groups in total. The van der Waals surface area contributed by atoms with Gasteiger partial charge in [-0.15, -0.1) is 6.58 Å². The Morgan fingerprint density at radius 2 is 1.50 bits per heavy atom. The number of hydrogen-bond donors (Lipinski definition) is 0. The average Bonchev–Trinajstić information content (AvgIpc) is 2.61. The molecule has 12 heteroatoms. The molecule has 0 aromatic rings. The summed E-state index contributed by atoms with van der Waals surface area (Å²) in [6, 6.07) is 0. The predicted octanol–water partition coefficient (Wildman–Crippen LogP) is -5.10. The molecule has 0 aliphatic rings. The van der Waals surface area contributed by atoms with Crippen LogP contribution in [0, 0.1) is 0 Å². The van der Waals surface area contributed by atoms with Crippen LogP contribution in [0.2, 0.25) is 0 Å². The number of rotatable bonds is 8. The van der Waals surface area contributed by atoms with Gasteiger partial charge in [-0.25, -0.2) is 18.0 Å². The number of methoxy groups -OCH3 is 1. The van der Waals surface area contributed by atoms with Gasteiger partial charge in [0, 0.05) is 11.6 Å². The number of carboxylic acids is 1. The van der Waals surface area contributed by atoms with Crippen molar-refractivity contribution in [2.45, 2.75) is 26.7 Å². The first kappa shape index (κ1) is 43.2. The smallest absolute Gasteiger partial charge is 0.748 e. The van der Waals surface area contributed by atoms with Crippen LogP contribution in [0.5, 0.6) is 0 Å². The first-order valence-electron chi connectivity index (χ1n) is 7.73. The Morgan fingerprint density at radius 1 is 1.07 bits per heavy atom. The van der Waals surface area contributed by atoms with Crippen molar-refractivity contribution in [2.75, 3.05) is 19.5 Å². The Balaban J connectivity index is -0.0000000638. The van der Waals surface area contributed by atoms with Crippen LogP contribution in [-0.2, 0) is 34.0 Å². The molecule has 0 unspecified atom stereocenters. The number of hydrogen-bond acceptors (Lipinski definition) is 9. The van der Waals surface area contributed by atoms with Gasteiger partial charge in [0.15, 0.2) is 0 Å².